The lowest BCUT2D eigenvalue weighted by atomic mass is 10.1. The zero-order chi connectivity index (χ0) is 9.68. The van der Waals surface area contributed by atoms with Crippen LogP contribution in [0, 0.1) is 17.2 Å². The van der Waals surface area contributed by atoms with Crippen molar-refractivity contribution >= 4 is 0 Å². The predicted molar refractivity (Wildman–Crippen MR) is 50.0 cm³/mol. The molecule has 0 aromatic heterocycles. The highest BCUT2D eigenvalue weighted by Gasteiger charge is 2.20. The standard InChI is InChI=1S/C9H17N3O/c1-8(4-10)6-12-2-3-13-9(5-11)7-12/h8-9H,2-3,5-7,11H2,1H3. The van der Waals surface area contributed by atoms with E-state index < -0.39 is 0 Å². The van der Waals surface area contributed by atoms with Crippen LogP contribution in [0.2, 0.25) is 0 Å². The molecule has 2 unspecified atom stereocenters. The highest BCUT2D eigenvalue weighted by molar-refractivity contribution is 4.83. The third-order valence-electron chi connectivity index (χ3n) is 2.24. The van der Waals surface area contributed by atoms with Crippen LogP contribution in [-0.2, 0) is 4.74 Å². The number of nitriles is 1. The number of nitrogens with two attached hydrogens (primary N) is 1. The molecule has 0 spiro atoms. The lowest BCUT2D eigenvalue weighted by molar-refractivity contribution is -0.0252. The summed E-state index contributed by atoms with van der Waals surface area (Å²) in [5.74, 6) is 0.0940. The zero-order valence-electron chi connectivity index (χ0n) is 8.07. The second-order valence-electron chi connectivity index (χ2n) is 3.52. The summed E-state index contributed by atoms with van der Waals surface area (Å²) in [6, 6.07) is 2.23. The van der Waals surface area contributed by atoms with Gasteiger partial charge in [0.15, 0.2) is 0 Å². The van der Waals surface area contributed by atoms with Crippen LogP contribution >= 0.6 is 0 Å². The maximum Gasteiger partial charge on any atom is 0.0824 e. The van der Waals surface area contributed by atoms with Gasteiger partial charge < -0.3 is 10.5 Å². The molecule has 0 aromatic rings. The van der Waals surface area contributed by atoms with Crippen molar-refractivity contribution in [2.45, 2.75) is 13.0 Å². The Morgan fingerprint density at radius 3 is 3.15 bits per heavy atom. The number of hydrogen-bond donors (Lipinski definition) is 1. The van der Waals surface area contributed by atoms with Crippen molar-refractivity contribution < 1.29 is 4.74 Å². The summed E-state index contributed by atoms with van der Waals surface area (Å²) in [6.45, 7) is 5.85. The average molecular weight is 183 g/mol. The molecule has 13 heavy (non-hydrogen) atoms. The minimum atomic E-state index is 0.0940. The number of nitrogens with zero attached hydrogens (tertiary/aromatic N) is 2. The maximum atomic E-state index is 8.66. The van der Waals surface area contributed by atoms with Crippen molar-refractivity contribution in [2.24, 2.45) is 11.7 Å². The molecule has 0 aromatic carbocycles. The Labute approximate surface area is 79.3 Å². The van der Waals surface area contributed by atoms with Crippen molar-refractivity contribution in [1.29, 1.82) is 5.26 Å². The third kappa shape index (κ3) is 3.31. The van der Waals surface area contributed by atoms with Gasteiger partial charge in [0.2, 0.25) is 0 Å². The second kappa shape index (κ2) is 5.18. The molecule has 1 rings (SSSR count). The predicted octanol–water partition coefficient (Wildman–Crippen LogP) is -0.194. The Bertz CT molecular complexity index is 190. The molecule has 4 nitrogen and oxygen atoms in total. The van der Waals surface area contributed by atoms with Gasteiger partial charge in [-0.1, -0.05) is 0 Å². The van der Waals surface area contributed by atoms with Gasteiger partial charge in [0.25, 0.3) is 0 Å². The van der Waals surface area contributed by atoms with Crippen LogP contribution < -0.4 is 5.73 Å². The molecule has 0 saturated carbocycles. The van der Waals surface area contributed by atoms with E-state index in [9.17, 15) is 0 Å². The van der Waals surface area contributed by atoms with Crippen molar-refractivity contribution in [3.8, 4) is 6.07 Å². The van der Waals surface area contributed by atoms with Crippen LogP contribution in [0.15, 0.2) is 0 Å². The van der Waals surface area contributed by atoms with E-state index in [1.54, 1.807) is 0 Å². The summed E-state index contributed by atoms with van der Waals surface area (Å²) >= 11 is 0. The molecular formula is C9H17N3O. The highest BCUT2D eigenvalue weighted by Crippen LogP contribution is 2.06. The second-order valence-corrected chi connectivity index (χ2v) is 3.52. The molecule has 0 radical (unpaired) electrons. The summed E-state index contributed by atoms with van der Waals surface area (Å²) in [4.78, 5) is 2.24. The van der Waals surface area contributed by atoms with Gasteiger partial charge in [-0.25, -0.2) is 0 Å². The van der Waals surface area contributed by atoms with Crippen LogP contribution in [0.25, 0.3) is 0 Å². The van der Waals surface area contributed by atoms with Gasteiger partial charge in [-0.15, -0.1) is 0 Å². The first kappa shape index (κ1) is 10.5. The quantitative estimate of drug-likeness (QED) is 0.658. The fourth-order valence-electron chi connectivity index (χ4n) is 1.52. The fourth-order valence-corrected chi connectivity index (χ4v) is 1.52. The average Bonchev–Trinajstić information content (AvgIpc) is 2.18. The van der Waals surface area contributed by atoms with Gasteiger partial charge in [-0.05, 0) is 6.92 Å². The fraction of sp³-hybridized carbons (Fsp3) is 0.889. The number of hydrogen-bond acceptors (Lipinski definition) is 4. The number of morpholine rings is 1. The van der Waals surface area contributed by atoms with Gasteiger partial charge in [-0.2, -0.15) is 5.26 Å². The lowest BCUT2D eigenvalue weighted by Gasteiger charge is -2.32. The van der Waals surface area contributed by atoms with Crippen molar-refractivity contribution in [3.63, 3.8) is 0 Å². The van der Waals surface area contributed by atoms with Crippen molar-refractivity contribution in [3.05, 3.63) is 0 Å². The summed E-state index contributed by atoms with van der Waals surface area (Å²) in [5, 5.41) is 8.66. The minimum absolute atomic E-state index is 0.0940. The van der Waals surface area contributed by atoms with E-state index in [1.165, 1.54) is 0 Å². The summed E-state index contributed by atoms with van der Waals surface area (Å²) in [7, 11) is 0. The zero-order valence-corrected chi connectivity index (χ0v) is 8.07. The van der Waals surface area contributed by atoms with Gasteiger partial charge in [0.1, 0.15) is 0 Å². The summed E-state index contributed by atoms with van der Waals surface area (Å²) < 4.78 is 5.42. The van der Waals surface area contributed by atoms with E-state index in [0.717, 1.165) is 26.2 Å². The van der Waals surface area contributed by atoms with E-state index in [2.05, 4.69) is 11.0 Å². The van der Waals surface area contributed by atoms with Crippen molar-refractivity contribution in [1.82, 2.24) is 4.90 Å². The number of ether oxygens (including phenoxy) is 1. The first-order chi connectivity index (χ1) is 6.26. The minimum Gasteiger partial charge on any atom is -0.374 e. The molecule has 1 aliphatic heterocycles. The Balaban J connectivity index is 2.30. The molecule has 0 bridgehead atoms. The molecule has 1 saturated heterocycles. The number of rotatable bonds is 3. The largest absolute Gasteiger partial charge is 0.374 e. The van der Waals surface area contributed by atoms with Crippen LogP contribution in [0.1, 0.15) is 6.92 Å². The monoisotopic (exact) mass is 183 g/mol. The van der Waals surface area contributed by atoms with Crippen LogP contribution in [0.4, 0.5) is 0 Å². The summed E-state index contributed by atoms with van der Waals surface area (Å²) in [6.07, 6.45) is 0.152. The van der Waals surface area contributed by atoms with Gasteiger partial charge >= 0.3 is 0 Å². The van der Waals surface area contributed by atoms with Crippen LogP contribution in [0.3, 0.4) is 0 Å². The molecule has 1 fully saturated rings. The van der Waals surface area contributed by atoms with E-state index in [0.29, 0.717) is 6.54 Å². The lowest BCUT2D eigenvalue weighted by Crippen LogP contribution is -2.46. The molecule has 2 atom stereocenters. The first-order valence-electron chi connectivity index (χ1n) is 4.70. The van der Waals surface area contributed by atoms with Crippen molar-refractivity contribution in [2.75, 3.05) is 32.8 Å². The normalized spacial score (nSPS) is 26.7. The van der Waals surface area contributed by atoms with Crippen LogP contribution in [-0.4, -0.2) is 43.8 Å². The Hall–Kier alpha value is -0.630. The molecule has 0 aliphatic carbocycles. The van der Waals surface area contributed by atoms with Gasteiger partial charge in [0.05, 0.1) is 24.7 Å². The first-order valence-corrected chi connectivity index (χ1v) is 4.70. The smallest absolute Gasteiger partial charge is 0.0824 e. The van der Waals surface area contributed by atoms with Gasteiger partial charge in [0, 0.05) is 26.2 Å². The molecular weight excluding hydrogens is 166 g/mol. The molecule has 1 aliphatic rings. The van der Waals surface area contributed by atoms with Crippen LogP contribution in [0.5, 0.6) is 0 Å². The Morgan fingerprint density at radius 1 is 1.77 bits per heavy atom. The molecule has 0 amide bonds. The molecule has 2 N–H and O–H groups in total. The molecule has 4 heteroatoms. The van der Waals surface area contributed by atoms with E-state index >= 15 is 0 Å². The maximum absolute atomic E-state index is 8.66. The Morgan fingerprint density at radius 2 is 2.54 bits per heavy atom. The van der Waals surface area contributed by atoms with E-state index in [4.69, 9.17) is 15.7 Å². The SMILES string of the molecule is CC(C#N)CN1CCOC(CN)C1. The van der Waals surface area contributed by atoms with E-state index in [1.807, 2.05) is 6.92 Å². The topological polar surface area (TPSA) is 62.3 Å². The molecule has 74 valence electrons. The third-order valence-corrected chi connectivity index (χ3v) is 2.24. The van der Waals surface area contributed by atoms with E-state index in [-0.39, 0.29) is 12.0 Å². The summed E-state index contributed by atoms with van der Waals surface area (Å²) in [5.41, 5.74) is 5.51. The van der Waals surface area contributed by atoms with Gasteiger partial charge in [-0.3, -0.25) is 4.90 Å². The highest BCUT2D eigenvalue weighted by atomic mass is 16.5. The Kier molecular flexibility index (Phi) is 4.16. The molecule has 1 heterocycles.